The Labute approximate surface area is 174 Å². The van der Waals surface area contributed by atoms with Crippen molar-refractivity contribution in [1.82, 2.24) is 24.7 Å². The summed E-state index contributed by atoms with van der Waals surface area (Å²) in [6, 6.07) is 10.2. The van der Waals surface area contributed by atoms with Crippen molar-refractivity contribution < 1.29 is 0 Å². The Morgan fingerprint density at radius 1 is 1.17 bits per heavy atom. The number of benzene rings is 1. The highest BCUT2D eigenvalue weighted by atomic mass is 32.1. The van der Waals surface area contributed by atoms with Gasteiger partial charge in [-0.3, -0.25) is 0 Å². The second-order valence-corrected chi connectivity index (χ2v) is 8.99. The summed E-state index contributed by atoms with van der Waals surface area (Å²) in [4.78, 5) is 11.8. The maximum atomic E-state index is 4.66. The molecule has 0 unspecified atom stereocenters. The SMILES string of the molecule is Cc1nnc([C@@H](Nc2ncnc3sc4c(c23)CC[C@H](C)C4)c2ccccc2)n1C. The van der Waals surface area contributed by atoms with Crippen molar-refractivity contribution in [1.29, 1.82) is 0 Å². The van der Waals surface area contributed by atoms with Crippen LogP contribution in [0.5, 0.6) is 0 Å². The van der Waals surface area contributed by atoms with Gasteiger partial charge < -0.3 is 9.88 Å². The van der Waals surface area contributed by atoms with Crippen molar-refractivity contribution in [3.05, 3.63) is 64.3 Å². The largest absolute Gasteiger partial charge is 0.356 e. The Kier molecular flexibility index (Phi) is 4.54. The molecule has 1 aliphatic carbocycles. The highest BCUT2D eigenvalue weighted by Crippen LogP contribution is 2.40. The van der Waals surface area contributed by atoms with Crippen LogP contribution < -0.4 is 5.32 Å². The Hall–Kier alpha value is -2.80. The summed E-state index contributed by atoms with van der Waals surface area (Å²) in [5.74, 6) is 3.38. The second-order valence-electron chi connectivity index (χ2n) is 7.91. The minimum Gasteiger partial charge on any atom is -0.356 e. The molecule has 1 N–H and O–H groups in total. The van der Waals surface area contributed by atoms with Crippen molar-refractivity contribution in [2.45, 2.75) is 39.2 Å². The standard InChI is InChI=1S/C22H24N6S/c1-13-9-10-16-17(11-13)29-22-18(16)20(23-12-24-22)25-19(15-7-5-4-6-8-15)21-27-26-14(2)28(21)3/h4-8,12-13,19H,9-11H2,1-3H3,(H,23,24,25)/t13-,19-/m0/s1. The van der Waals surface area contributed by atoms with Crippen LogP contribution in [0, 0.1) is 12.8 Å². The van der Waals surface area contributed by atoms with E-state index < -0.39 is 0 Å². The zero-order valence-corrected chi connectivity index (χ0v) is 17.7. The topological polar surface area (TPSA) is 68.5 Å². The number of hydrogen-bond acceptors (Lipinski definition) is 6. The number of thiophene rings is 1. The predicted octanol–water partition coefficient (Wildman–Crippen LogP) is 4.45. The Bertz CT molecular complexity index is 1160. The second kappa shape index (κ2) is 7.22. The third kappa shape index (κ3) is 3.19. The zero-order chi connectivity index (χ0) is 20.0. The number of rotatable bonds is 4. The minimum absolute atomic E-state index is 0.140. The number of hydrogen-bond donors (Lipinski definition) is 1. The lowest BCUT2D eigenvalue weighted by Crippen LogP contribution is -2.18. The van der Waals surface area contributed by atoms with E-state index >= 15 is 0 Å². The number of nitrogens with one attached hydrogen (secondary N) is 1. The molecule has 0 amide bonds. The number of aryl methyl sites for hydroxylation is 2. The quantitative estimate of drug-likeness (QED) is 0.544. The fourth-order valence-corrected chi connectivity index (χ4v) is 5.49. The number of anilines is 1. The van der Waals surface area contributed by atoms with Gasteiger partial charge in [-0.25, -0.2) is 9.97 Å². The van der Waals surface area contributed by atoms with Crippen LogP contribution in [0.3, 0.4) is 0 Å². The van der Waals surface area contributed by atoms with Gasteiger partial charge in [0, 0.05) is 11.9 Å². The molecule has 0 bridgehead atoms. The molecule has 0 saturated carbocycles. The number of aromatic nitrogens is 5. The maximum absolute atomic E-state index is 4.66. The van der Waals surface area contributed by atoms with Crippen LogP contribution in [-0.4, -0.2) is 24.7 Å². The molecule has 3 heterocycles. The first-order valence-electron chi connectivity index (χ1n) is 10.0. The molecule has 3 aromatic heterocycles. The van der Waals surface area contributed by atoms with E-state index in [1.807, 2.05) is 35.9 Å². The third-order valence-corrected chi connectivity index (χ3v) is 7.05. The van der Waals surface area contributed by atoms with Crippen molar-refractivity contribution in [3.8, 4) is 0 Å². The molecule has 4 aromatic rings. The van der Waals surface area contributed by atoms with Gasteiger partial charge >= 0.3 is 0 Å². The van der Waals surface area contributed by atoms with Gasteiger partial charge in [0.15, 0.2) is 5.82 Å². The molecule has 6 nitrogen and oxygen atoms in total. The minimum atomic E-state index is -0.140. The van der Waals surface area contributed by atoms with Crippen LogP contribution in [0.4, 0.5) is 5.82 Å². The first-order valence-corrected chi connectivity index (χ1v) is 10.9. The van der Waals surface area contributed by atoms with Crippen molar-refractivity contribution in [3.63, 3.8) is 0 Å². The fourth-order valence-electron chi connectivity index (χ4n) is 4.14. The third-order valence-electron chi connectivity index (χ3n) is 5.89. The van der Waals surface area contributed by atoms with E-state index in [2.05, 4.69) is 56.7 Å². The molecule has 0 aliphatic heterocycles. The summed E-state index contributed by atoms with van der Waals surface area (Å²) < 4.78 is 2.04. The van der Waals surface area contributed by atoms with Gasteiger partial charge in [-0.1, -0.05) is 37.3 Å². The average Bonchev–Trinajstić information content (AvgIpc) is 3.26. The van der Waals surface area contributed by atoms with Crippen LogP contribution in [0.2, 0.25) is 0 Å². The number of fused-ring (bicyclic) bond motifs is 3. The predicted molar refractivity (Wildman–Crippen MR) is 116 cm³/mol. The lowest BCUT2D eigenvalue weighted by atomic mass is 9.89. The van der Waals surface area contributed by atoms with Gasteiger partial charge in [0.05, 0.1) is 5.39 Å². The monoisotopic (exact) mass is 404 g/mol. The van der Waals surface area contributed by atoms with Crippen LogP contribution in [-0.2, 0) is 19.9 Å². The van der Waals surface area contributed by atoms with Gasteiger partial charge in [0.2, 0.25) is 0 Å². The Morgan fingerprint density at radius 3 is 2.76 bits per heavy atom. The summed E-state index contributed by atoms with van der Waals surface area (Å²) in [6.07, 6.45) is 5.12. The molecule has 0 saturated heterocycles. The summed E-state index contributed by atoms with van der Waals surface area (Å²) in [6.45, 7) is 4.30. The summed E-state index contributed by atoms with van der Waals surface area (Å²) >= 11 is 1.82. The van der Waals surface area contributed by atoms with Crippen molar-refractivity contribution in [2.75, 3.05) is 5.32 Å². The van der Waals surface area contributed by atoms with E-state index in [1.54, 1.807) is 6.33 Å². The molecular weight excluding hydrogens is 380 g/mol. The molecule has 29 heavy (non-hydrogen) atoms. The fraction of sp³-hybridized carbons (Fsp3) is 0.364. The van der Waals surface area contributed by atoms with E-state index in [-0.39, 0.29) is 6.04 Å². The van der Waals surface area contributed by atoms with Gasteiger partial charge in [-0.2, -0.15) is 0 Å². The van der Waals surface area contributed by atoms with Crippen molar-refractivity contribution >= 4 is 27.4 Å². The zero-order valence-electron chi connectivity index (χ0n) is 16.9. The first kappa shape index (κ1) is 18.2. The van der Waals surface area contributed by atoms with E-state index in [0.29, 0.717) is 0 Å². The maximum Gasteiger partial charge on any atom is 0.160 e. The lowest BCUT2D eigenvalue weighted by Gasteiger charge is -2.21. The molecule has 0 fully saturated rings. The van der Waals surface area contributed by atoms with Crippen LogP contribution in [0.15, 0.2) is 36.7 Å². The summed E-state index contributed by atoms with van der Waals surface area (Å²) in [7, 11) is 2.01. The van der Waals surface area contributed by atoms with Crippen molar-refractivity contribution in [2.24, 2.45) is 13.0 Å². The van der Waals surface area contributed by atoms with E-state index in [0.717, 1.165) is 46.6 Å². The summed E-state index contributed by atoms with van der Waals surface area (Å²) in [5, 5.41) is 13.6. The summed E-state index contributed by atoms with van der Waals surface area (Å²) in [5.41, 5.74) is 2.56. The number of nitrogens with zero attached hydrogens (tertiary/aromatic N) is 5. The normalized spacial score (nSPS) is 17.3. The van der Waals surface area contributed by atoms with Gasteiger partial charge in [0.1, 0.15) is 28.8 Å². The van der Waals surface area contributed by atoms with E-state index in [1.165, 1.54) is 22.2 Å². The molecule has 1 aliphatic rings. The van der Waals surface area contributed by atoms with Crippen LogP contribution in [0.1, 0.15) is 47.0 Å². The highest BCUT2D eigenvalue weighted by Gasteiger charge is 2.26. The van der Waals surface area contributed by atoms with Gasteiger partial charge in [0.25, 0.3) is 0 Å². The molecular formula is C22H24N6S. The molecule has 2 atom stereocenters. The molecule has 1 aromatic carbocycles. The Balaban J connectivity index is 1.63. The molecule has 148 valence electrons. The lowest BCUT2D eigenvalue weighted by molar-refractivity contribution is 0.509. The smallest absolute Gasteiger partial charge is 0.160 e. The Morgan fingerprint density at radius 2 is 2.00 bits per heavy atom. The average molecular weight is 405 g/mol. The molecule has 0 spiro atoms. The van der Waals surface area contributed by atoms with E-state index in [4.69, 9.17) is 0 Å². The van der Waals surface area contributed by atoms with E-state index in [9.17, 15) is 0 Å². The van der Waals surface area contributed by atoms with Gasteiger partial charge in [-0.15, -0.1) is 21.5 Å². The van der Waals surface area contributed by atoms with Gasteiger partial charge in [-0.05, 0) is 43.2 Å². The van der Waals surface area contributed by atoms with Crippen LogP contribution in [0.25, 0.3) is 10.2 Å². The highest BCUT2D eigenvalue weighted by molar-refractivity contribution is 7.19. The first-order chi connectivity index (χ1) is 14.1. The van der Waals surface area contributed by atoms with Crippen LogP contribution >= 0.6 is 11.3 Å². The molecule has 7 heteroatoms. The molecule has 0 radical (unpaired) electrons. The molecule has 5 rings (SSSR count).